The maximum Gasteiger partial charge on any atom is 0.240 e. The number of rotatable bonds is 2. The van der Waals surface area contributed by atoms with Crippen molar-refractivity contribution in [3.8, 4) is 0 Å². The third kappa shape index (κ3) is 3.00. The number of nitrogens with zero attached hydrogens (tertiary/aromatic N) is 1. The molecule has 1 aromatic carbocycles. The highest BCUT2D eigenvalue weighted by Gasteiger charge is 2.30. The summed E-state index contributed by atoms with van der Waals surface area (Å²) in [6.07, 6.45) is 1.71. The van der Waals surface area contributed by atoms with Crippen molar-refractivity contribution in [2.24, 2.45) is 5.73 Å². The first-order valence-corrected chi connectivity index (χ1v) is 6.90. The van der Waals surface area contributed by atoms with Crippen molar-refractivity contribution < 1.29 is 4.79 Å². The predicted octanol–water partition coefficient (Wildman–Crippen LogP) is 2.10. The Morgan fingerprint density at radius 3 is 3.00 bits per heavy atom. The van der Waals surface area contributed by atoms with E-state index in [4.69, 9.17) is 18.0 Å². The molecule has 1 heterocycles. The van der Waals surface area contributed by atoms with Crippen LogP contribution in [0.4, 0.5) is 5.69 Å². The summed E-state index contributed by atoms with van der Waals surface area (Å²) >= 11 is 8.73. The van der Waals surface area contributed by atoms with Gasteiger partial charge in [0.05, 0.1) is 0 Å². The van der Waals surface area contributed by atoms with Crippen LogP contribution in [0.15, 0.2) is 28.7 Å². The van der Waals surface area contributed by atoms with Gasteiger partial charge in [-0.05, 0) is 43.3 Å². The largest absolute Gasteiger partial charge is 0.368 e. The topological polar surface area (TPSA) is 58.4 Å². The van der Waals surface area contributed by atoms with Gasteiger partial charge < -0.3 is 16.0 Å². The molecule has 6 heteroatoms. The lowest BCUT2D eigenvalue weighted by molar-refractivity contribution is -0.121. The Bertz CT molecular complexity index is 480. The first-order chi connectivity index (χ1) is 8.58. The molecule has 1 saturated heterocycles. The zero-order valence-corrected chi connectivity index (χ0v) is 12.1. The molecule has 0 bridgehead atoms. The lowest BCUT2D eigenvalue weighted by Gasteiger charge is -2.25. The lowest BCUT2D eigenvalue weighted by Crippen LogP contribution is -2.45. The number of nitrogens with one attached hydrogen (secondary N) is 1. The van der Waals surface area contributed by atoms with Gasteiger partial charge in [-0.2, -0.15) is 0 Å². The van der Waals surface area contributed by atoms with Crippen LogP contribution in [0.3, 0.4) is 0 Å². The van der Waals surface area contributed by atoms with Gasteiger partial charge in [-0.15, -0.1) is 0 Å². The third-order valence-electron chi connectivity index (χ3n) is 2.92. The van der Waals surface area contributed by atoms with E-state index in [1.807, 2.05) is 29.2 Å². The fraction of sp³-hybridized carbons (Fsp3) is 0.333. The first kappa shape index (κ1) is 13.3. The number of halogens is 1. The quantitative estimate of drug-likeness (QED) is 0.817. The molecule has 1 amide bonds. The number of hydrogen-bond acceptors (Lipinski definition) is 2. The smallest absolute Gasteiger partial charge is 0.240 e. The molecule has 1 aliphatic heterocycles. The summed E-state index contributed by atoms with van der Waals surface area (Å²) in [7, 11) is 0. The summed E-state index contributed by atoms with van der Waals surface area (Å²) in [5, 5.41) is 3.68. The van der Waals surface area contributed by atoms with Crippen LogP contribution in [-0.4, -0.2) is 28.5 Å². The minimum absolute atomic E-state index is 0.280. The molecule has 1 aliphatic rings. The van der Waals surface area contributed by atoms with Crippen LogP contribution in [0, 0.1) is 0 Å². The van der Waals surface area contributed by atoms with Crippen LogP contribution in [0.25, 0.3) is 0 Å². The molecule has 18 heavy (non-hydrogen) atoms. The molecule has 1 aromatic rings. The van der Waals surface area contributed by atoms with Crippen LogP contribution >= 0.6 is 28.1 Å². The van der Waals surface area contributed by atoms with E-state index in [9.17, 15) is 4.79 Å². The standard InChI is InChI=1S/C12H14BrN3OS/c13-8-3-1-4-9(7-8)15-12(18)16-6-2-5-10(16)11(14)17/h1,3-4,7,10H,2,5-6H2,(H2,14,17)(H,15,18)/t10-/m0/s1. The Morgan fingerprint density at radius 2 is 2.33 bits per heavy atom. The molecule has 2 rings (SSSR count). The number of likely N-dealkylation sites (tertiary alicyclic amines) is 1. The molecule has 1 atom stereocenters. The number of anilines is 1. The van der Waals surface area contributed by atoms with Gasteiger partial charge in [-0.25, -0.2) is 0 Å². The molecule has 0 aromatic heterocycles. The Morgan fingerprint density at radius 1 is 1.56 bits per heavy atom. The van der Waals surface area contributed by atoms with Gasteiger partial charge in [-0.3, -0.25) is 4.79 Å². The minimum atomic E-state index is -0.314. The molecule has 96 valence electrons. The van der Waals surface area contributed by atoms with Crippen molar-refractivity contribution in [3.63, 3.8) is 0 Å². The van der Waals surface area contributed by atoms with Crippen molar-refractivity contribution in [2.75, 3.05) is 11.9 Å². The fourth-order valence-corrected chi connectivity index (χ4v) is 2.80. The molecule has 4 nitrogen and oxygen atoms in total. The van der Waals surface area contributed by atoms with Gasteiger partial charge in [0.2, 0.25) is 5.91 Å². The zero-order chi connectivity index (χ0) is 13.1. The average Bonchev–Trinajstić information content (AvgIpc) is 2.77. The van der Waals surface area contributed by atoms with Gasteiger partial charge in [-0.1, -0.05) is 22.0 Å². The molecule has 0 radical (unpaired) electrons. The van der Waals surface area contributed by atoms with Crippen LogP contribution in [0.1, 0.15) is 12.8 Å². The SMILES string of the molecule is NC(=O)[C@@H]1CCCN1C(=S)Nc1cccc(Br)c1. The van der Waals surface area contributed by atoms with E-state index >= 15 is 0 Å². The second kappa shape index (κ2) is 5.67. The second-order valence-electron chi connectivity index (χ2n) is 4.19. The zero-order valence-electron chi connectivity index (χ0n) is 9.73. The van der Waals surface area contributed by atoms with Crippen molar-refractivity contribution in [3.05, 3.63) is 28.7 Å². The Labute approximate surface area is 120 Å². The maximum atomic E-state index is 11.3. The van der Waals surface area contributed by atoms with Crippen LogP contribution in [0.5, 0.6) is 0 Å². The second-order valence-corrected chi connectivity index (χ2v) is 5.50. The average molecular weight is 328 g/mol. The minimum Gasteiger partial charge on any atom is -0.368 e. The summed E-state index contributed by atoms with van der Waals surface area (Å²) in [4.78, 5) is 13.2. The molecule has 0 saturated carbocycles. The number of hydrogen-bond donors (Lipinski definition) is 2. The summed E-state index contributed by atoms with van der Waals surface area (Å²) < 4.78 is 0.975. The number of nitrogens with two attached hydrogens (primary N) is 1. The third-order valence-corrected chi connectivity index (χ3v) is 3.75. The van der Waals surface area contributed by atoms with Crippen LogP contribution < -0.4 is 11.1 Å². The summed E-state index contributed by atoms with van der Waals surface area (Å²) in [6, 6.07) is 7.44. The molecule has 1 fully saturated rings. The molecular formula is C12H14BrN3OS. The highest BCUT2D eigenvalue weighted by molar-refractivity contribution is 9.10. The van der Waals surface area contributed by atoms with Crippen LogP contribution in [0.2, 0.25) is 0 Å². The normalized spacial score (nSPS) is 18.7. The monoisotopic (exact) mass is 327 g/mol. The van der Waals surface area contributed by atoms with Crippen molar-refractivity contribution >= 4 is 44.9 Å². The number of carbonyl (C=O) groups excluding carboxylic acids is 1. The van der Waals surface area contributed by atoms with Crippen molar-refractivity contribution in [1.29, 1.82) is 0 Å². The number of primary amides is 1. The van der Waals surface area contributed by atoms with E-state index in [2.05, 4.69) is 21.2 Å². The predicted molar refractivity (Wildman–Crippen MR) is 79.3 cm³/mol. The maximum absolute atomic E-state index is 11.3. The number of amides is 1. The highest BCUT2D eigenvalue weighted by Crippen LogP contribution is 2.20. The summed E-state index contributed by atoms with van der Waals surface area (Å²) in [6.45, 7) is 0.771. The molecule has 0 unspecified atom stereocenters. The Hall–Kier alpha value is -1.14. The summed E-state index contributed by atoms with van der Waals surface area (Å²) in [5.74, 6) is -0.314. The number of carbonyl (C=O) groups is 1. The van der Waals surface area contributed by atoms with Gasteiger partial charge in [0.1, 0.15) is 6.04 Å². The van der Waals surface area contributed by atoms with E-state index in [-0.39, 0.29) is 11.9 Å². The summed E-state index contributed by atoms with van der Waals surface area (Å²) in [5.41, 5.74) is 6.26. The van der Waals surface area contributed by atoms with E-state index in [0.717, 1.165) is 29.5 Å². The number of benzene rings is 1. The van der Waals surface area contributed by atoms with E-state index in [1.54, 1.807) is 0 Å². The molecule has 0 aliphatic carbocycles. The van der Waals surface area contributed by atoms with Crippen LogP contribution in [-0.2, 0) is 4.79 Å². The molecule has 3 N–H and O–H groups in total. The fourth-order valence-electron chi connectivity index (χ4n) is 2.07. The van der Waals surface area contributed by atoms with E-state index < -0.39 is 0 Å². The first-order valence-electron chi connectivity index (χ1n) is 5.70. The van der Waals surface area contributed by atoms with Crippen molar-refractivity contribution in [2.45, 2.75) is 18.9 Å². The van der Waals surface area contributed by atoms with Gasteiger partial charge in [0.25, 0.3) is 0 Å². The van der Waals surface area contributed by atoms with Gasteiger partial charge >= 0.3 is 0 Å². The highest BCUT2D eigenvalue weighted by atomic mass is 79.9. The Kier molecular flexibility index (Phi) is 4.19. The Balaban J connectivity index is 2.06. The molecule has 0 spiro atoms. The van der Waals surface area contributed by atoms with E-state index in [0.29, 0.717) is 5.11 Å². The lowest BCUT2D eigenvalue weighted by atomic mass is 10.2. The number of thiocarbonyl (C=S) groups is 1. The molecular weight excluding hydrogens is 314 g/mol. The van der Waals surface area contributed by atoms with Gasteiger partial charge in [0.15, 0.2) is 5.11 Å². The van der Waals surface area contributed by atoms with E-state index in [1.165, 1.54) is 0 Å². The van der Waals surface area contributed by atoms with Crippen molar-refractivity contribution in [1.82, 2.24) is 4.90 Å². The van der Waals surface area contributed by atoms with Gasteiger partial charge in [0, 0.05) is 16.7 Å².